The zero-order chi connectivity index (χ0) is 15.8. The van der Waals surface area contributed by atoms with Crippen LogP contribution in [0.25, 0.3) is 0 Å². The average Bonchev–Trinajstić information content (AvgIpc) is 2.52. The second-order valence-corrected chi connectivity index (χ2v) is 8.70. The summed E-state index contributed by atoms with van der Waals surface area (Å²) < 4.78 is 60.4. The molecule has 0 saturated carbocycles. The lowest BCUT2D eigenvalue weighted by molar-refractivity contribution is -0.165. The molecule has 1 saturated heterocycles. The summed E-state index contributed by atoms with van der Waals surface area (Å²) in [4.78, 5) is 12.9. The van der Waals surface area contributed by atoms with Crippen LogP contribution < -0.4 is 0 Å². The fraction of sp³-hybridized carbons (Fsp3) is 0.917. The number of nitrogens with zero attached hydrogens (tertiary/aromatic N) is 1. The van der Waals surface area contributed by atoms with Gasteiger partial charge in [-0.25, -0.2) is 8.42 Å². The van der Waals surface area contributed by atoms with Crippen LogP contribution in [0.1, 0.15) is 27.2 Å². The standard InChI is InChI=1S/C12H20F3NO3S/c1-11(2,3)7-16(8-12(13,14)15)10(17)9-4-5-20(18,19)6-9/h9H,4-8H2,1-3H3/t9-/m1/s1. The Balaban J connectivity index is 2.85. The average molecular weight is 315 g/mol. The van der Waals surface area contributed by atoms with Crippen molar-refractivity contribution in [1.29, 1.82) is 0 Å². The number of alkyl halides is 3. The number of carbonyl (C=O) groups is 1. The molecule has 0 aromatic carbocycles. The third-order valence-electron chi connectivity index (χ3n) is 2.93. The Morgan fingerprint density at radius 1 is 1.20 bits per heavy atom. The van der Waals surface area contributed by atoms with Gasteiger partial charge in [0.05, 0.1) is 17.4 Å². The first-order valence-corrected chi connectivity index (χ1v) is 8.17. The van der Waals surface area contributed by atoms with E-state index in [9.17, 15) is 26.4 Å². The molecule has 1 aliphatic rings. The number of sulfone groups is 1. The summed E-state index contributed by atoms with van der Waals surface area (Å²) in [5, 5.41) is 0. The lowest BCUT2D eigenvalue weighted by Gasteiger charge is -2.32. The van der Waals surface area contributed by atoms with Crippen LogP contribution in [0.5, 0.6) is 0 Å². The third kappa shape index (κ3) is 5.68. The van der Waals surface area contributed by atoms with Crippen molar-refractivity contribution < 1.29 is 26.4 Å². The molecular weight excluding hydrogens is 295 g/mol. The van der Waals surface area contributed by atoms with E-state index in [-0.39, 0.29) is 24.5 Å². The van der Waals surface area contributed by atoms with Crippen LogP contribution >= 0.6 is 0 Å². The maximum absolute atomic E-state index is 12.6. The molecule has 0 bridgehead atoms. The predicted octanol–water partition coefficient (Wildman–Crippen LogP) is 1.86. The van der Waals surface area contributed by atoms with Crippen LogP contribution in [0.15, 0.2) is 0 Å². The minimum Gasteiger partial charge on any atom is -0.333 e. The van der Waals surface area contributed by atoms with E-state index in [1.165, 1.54) is 0 Å². The summed E-state index contributed by atoms with van der Waals surface area (Å²) in [7, 11) is -3.29. The molecule has 118 valence electrons. The molecule has 8 heteroatoms. The summed E-state index contributed by atoms with van der Waals surface area (Å²) in [6.45, 7) is 3.81. The van der Waals surface area contributed by atoms with E-state index in [0.717, 1.165) is 4.90 Å². The summed E-state index contributed by atoms with van der Waals surface area (Å²) in [6.07, 6.45) is -4.38. The van der Waals surface area contributed by atoms with E-state index in [4.69, 9.17) is 0 Å². The fourth-order valence-electron chi connectivity index (χ4n) is 2.25. The van der Waals surface area contributed by atoms with Crippen LogP contribution in [-0.2, 0) is 14.6 Å². The first-order chi connectivity index (χ1) is 8.79. The zero-order valence-corrected chi connectivity index (χ0v) is 12.6. The second-order valence-electron chi connectivity index (χ2n) is 6.47. The Morgan fingerprint density at radius 3 is 2.10 bits per heavy atom. The second kappa shape index (κ2) is 5.54. The lowest BCUT2D eigenvalue weighted by Crippen LogP contribution is -2.46. The van der Waals surface area contributed by atoms with Crippen molar-refractivity contribution in [3.05, 3.63) is 0 Å². The minimum absolute atomic E-state index is 0.0537. The highest BCUT2D eigenvalue weighted by Gasteiger charge is 2.40. The summed E-state index contributed by atoms with van der Waals surface area (Å²) in [5.41, 5.74) is -0.488. The van der Waals surface area contributed by atoms with Crippen molar-refractivity contribution in [1.82, 2.24) is 4.90 Å². The highest BCUT2D eigenvalue weighted by molar-refractivity contribution is 7.91. The Morgan fingerprint density at radius 2 is 1.75 bits per heavy atom. The smallest absolute Gasteiger partial charge is 0.333 e. The number of amides is 1. The van der Waals surface area contributed by atoms with E-state index in [1.807, 2.05) is 0 Å². The zero-order valence-electron chi connectivity index (χ0n) is 11.8. The maximum atomic E-state index is 12.6. The molecule has 0 unspecified atom stereocenters. The van der Waals surface area contributed by atoms with Gasteiger partial charge in [-0.2, -0.15) is 13.2 Å². The van der Waals surface area contributed by atoms with Crippen LogP contribution in [0.2, 0.25) is 0 Å². The molecule has 0 radical (unpaired) electrons. The van der Waals surface area contributed by atoms with Crippen molar-refractivity contribution in [2.75, 3.05) is 24.6 Å². The van der Waals surface area contributed by atoms with Gasteiger partial charge in [-0.15, -0.1) is 0 Å². The number of hydrogen-bond acceptors (Lipinski definition) is 3. The van der Waals surface area contributed by atoms with Crippen molar-refractivity contribution in [3.63, 3.8) is 0 Å². The monoisotopic (exact) mass is 315 g/mol. The molecular formula is C12H20F3NO3S. The highest BCUT2D eigenvalue weighted by atomic mass is 32.2. The van der Waals surface area contributed by atoms with Crippen molar-refractivity contribution >= 4 is 15.7 Å². The Hall–Kier alpha value is -0.790. The van der Waals surface area contributed by atoms with Gasteiger partial charge in [0.1, 0.15) is 6.54 Å². The van der Waals surface area contributed by atoms with Crippen LogP contribution in [0, 0.1) is 11.3 Å². The maximum Gasteiger partial charge on any atom is 0.406 e. The first-order valence-electron chi connectivity index (χ1n) is 6.35. The lowest BCUT2D eigenvalue weighted by atomic mass is 9.95. The Bertz CT molecular complexity index is 449. The van der Waals surface area contributed by atoms with Crippen molar-refractivity contribution in [3.8, 4) is 0 Å². The van der Waals surface area contributed by atoms with E-state index < -0.39 is 39.8 Å². The van der Waals surface area contributed by atoms with Gasteiger partial charge in [0.15, 0.2) is 9.84 Å². The normalized spacial score (nSPS) is 22.8. The van der Waals surface area contributed by atoms with Gasteiger partial charge in [-0.1, -0.05) is 20.8 Å². The van der Waals surface area contributed by atoms with E-state index in [1.54, 1.807) is 20.8 Å². The SMILES string of the molecule is CC(C)(C)CN(CC(F)(F)F)C(=O)[C@@H]1CCS(=O)(=O)C1. The molecule has 20 heavy (non-hydrogen) atoms. The molecule has 1 atom stereocenters. The molecule has 0 aromatic heterocycles. The molecule has 0 N–H and O–H groups in total. The van der Waals surface area contributed by atoms with E-state index in [0.29, 0.717) is 0 Å². The Kier molecular flexibility index (Phi) is 4.78. The minimum atomic E-state index is -4.49. The number of hydrogen-bond donors (Lipinski definition) is 0. The molecule has 1 rings (SSSR count). The molecule has 1 fully saturated rings. The van der Waals surface area contributed by atoms with Gasteiger partial charge < -0.3 is 4.90 Å². The Labute approximate surface area is 117 Å². The van der Waals surface area contributed by atoms with E-state index >= 15 is 0 Å². The molecule has 1 heterocycles. The molecule has 1 aliphatic heterocycles. The first kappa shape index (κ1) is 17.3. The third-order valence-corrected chi connectivity index (χ3v) is 4.70. The molecule has 0 aromatic rings. The molecule has 4 nitrogen and oxygen atoms in total. The van der Waals surface area contributed by atoms with Gasteiger partial charge >= 0.3 is 6.18 Å². The van der Waals surface area contributed by atoms with E-state index in [2.05, 4.69) is 0 Å². The van der Waals surface area contributed by atoms with Gasteiger partial charge in [-0.3, -0.25) is 4.79 Å². The quantitative estimate of drug-likeness (QED) is 0.799. The topological polar surface area (TPSA) is 54.5 Å². The van der Waals surface area contributed by atoms with Gasteiger partial charge in [0, 0.05) is 6.54 Å². The van der Waals surface area contributed by atoms with Crippen LogP contribution in [0.4, 0.5) is 13.2 Å². The van der Waals surface area contributed by atoms with Crippen molar-refractivity contribution in [2.24, 2.45) is 11.3 Å². The molecule has 1 amide bonds. The number of rotatable bonds is 3. The highest BCUT2D eigenvalue weighted by Crippen LogP contribution is 2.26. The summed E-state index contributed by atoms with van der Waals surface area (Å²) in [6, 6.07) is 0. The van der Waals surface area contributed by atoms with Gasteiger partial charge in [0.25, 0.3) is 0 Å². The largest absolute Gasteiger partial charge is 0.406 e. The van der Waals surface area contributed by atoms with Crippen LogP contribution in [-0.4, -0.2) is 50.0 Å². The fourth-order valence-corrected chi connectivity index (χ4v) is 3.98. The van der Waals surface area contributed by atoms with Crippen LogP contribution in [0.3, 0.4) is 0 Å². The molecule has 0 aliphatic carbocycles. The van der Waals surface area contributed by atoms with Crippen molar-refractivity contribution in [2.45, 2.75) is 33.4 Å². The predicted molar refractivity (Wildman–Crippen MR) is 68.9 cm³/mol. The summed E-state index contributed by atoms with van der Waals surface area (Å²) in [5.74, 6) is -2.02. The van der Waals surface area contributed by atoms with Gasteiger partial charge in [0.2, 0.25) is 5.91 Å². The number of carbonyl (C=O) groups excluding carboxylic acids is 1. The number of halogens is 3. The van der Waals surface area contributed by atoms with Gasteiger partial charge in [-0.05, 0) is 11.8 Å². The molecule has 0 spiro atoms. The summed E-state index contributed by atoms with van der Waals surface area (Å²) >= 11 is 0.